The molecular weight excluding hydrogens is 925 g/mol. The van der Waals surface area contributed by atoms with Crippen molar-refractivity contribution >= 4 is 17.7 Å². The number of allylic oxidation sites excluding steroid dienone is 1. The molecule has 9 aliphatic carbocycles. The van der Waals surface area contributed by atoms with Gasteiger partial charge in [-0.25, -0.2) is 4.79 Å². The van der Waals surface area contributed by atoms with Gasteiger partial charge >= 0.3 is 11.9 Å². The average Bonchev–Trinajstić information content (AvgIpc) is 3.69. The Hall–Kier alpha value is -3.51. The second-order valence-corrected chi connectivity index (χ2v) is 27.7. The number of hydrogen-bond acceptors (Lipinski definition) is 13. The van der Waals surface area contributed by atoms with E-state index in [9.17, 15) is 15.3 Å². The van der Waals surface area contributed by atoms with E-state index in [0.29, 0.717) is 55.7 Å². The van der Waals surface area contributed by atoms with E-state index >= 15 is 14.4 Å². The number of furan rings is 1. The molecule has 4 N–H and O–H groups in total. The summed E-state index contributed by atoms with van der Waals surface area (Å²) in [5.74, 6) is 5.78. The minimum absolute atomic E-state index is 0.0414. The van der Waals surface area contributed by atoms with Gasteiger partial charge in [0.15, 0.2) is 17.5 Å². The van der Waals surface area contributed by atoms with Gasteiger partial charge in [-0.3, -0.25) is 14.9 Å². The molecule has 24 atom stereocenters. The molecule has 388 valence electrons. The highest BCUT2D eigenvalue weighted by Crippen LogP contribution is 2.91. The summed E-state index contributed by atoms with van der Waals surface area (Å²) in [6.45, 7) is 5.89. The summed E-state index contributed by atoms with van der Waals surface area (Å²) in [5.41, 5.74) is -5.66. The number of fused-ring (bicyclic) bond motifs is 7. The van der Waals surface area contributed by atoms with Crippen molar-refractivity contribution in [1.82, 2.24) is 10.2 Å². The first-order valence-electron chi connectivity index (χ1n) is 29.0. The molecule has 0 unspecified atom stereocenters. The Balaban J connectivity index is 0.899. The number of epoxide rings is 1. The lowest BCUT2D eigenvalue weighted by Gasteiger charge is -2.74. The number of carbonyl (C=O) groups is 3. The predicted molar refractivity (Wildman–Crippen MR) is 259 cm³/mol. The van der Waals surface area contributed by atoms with Crippen molar-refractivity contribution < 1.29 is 53.1 Å². The molecule has 7 saturated carbocycles. The molecule has 0 radical (unpaired) electrons. The molecule has 17 rings (SSSR count). The van der Waals surface area contributed by atoms with Crippen LogP contribution < -0.4 is 5.32 Å². The van der Waals surface area contributed by atoms with Crippen LogP contribution in [0.5, 0.6) is 0 Å². The SMILES string of the molecule is C[C@]12C[C@H]3C[C@@]45CCC[C@H]4CC4=CC[C@]6(C)O[C@]47[C@H]5C(=O)OC[C@]74[C@@H]3[C@]3([C@H](O)C(=O)[C@@H]46)[C@@H]4CCCC[C@@H]4C#C[C@@H]4CCc5coc(C[C@@H]([C@@H]6CC[C@H]7[C@H](C=CN8CNC[C@H]78)C6)[C@H](O)CO)c5[C@@]41OC(=O)[C@H]1O[C@@]132. The van der Waals surface area contributed by atoms with E-state index in [4.69, 9.17) is 23.4 Å². The van der Waals surface area contributed by atoms with Gasteiger partial charge in [0.05, 0.1) is 54.4 Å². The average molecular weight is 997 g/mol. The second-order valence-electron chi connectivity index (χ2n) is 27.7. The highest BCUT2D eigenvalue weighted by atomic mass is 16.7. The third kappa shape index (κ3) is 4.57. The number of rotatable bonds is 5. The summed E-state index contributed by atoms with van der Waals surface area (Å²) in [7, 11) is 0. The fourth-order valence-corrected chi connectivity index (χ4v) is 24.2. The zero-order valence-corrected chi connectivity index (χ0v) is 42.5. The topological polar surface area (TPSA) is 181 Å². The Bertz CT molecular complexity index is 2830. The van der Waals surface area contributed by atoms with Gasteiger partial charge in [0.2, 0.25) is 0 Å². The lowest BCUT2D eigenvalue weighted by molar-refractivity contribution is -0.319. The first kappa shape index (κ1) is 44.6. The largest absolute Gasteiger partial charge is 0.469 e. The van der Waals surface area contributed by atoms with Crippen molar-refractivity contribution in [3.8, 4) is 11.8 Å². The number of aryl methyl sites for hydroxylation is 1. The van der Waals surface area contributed by atoms with Gasteiger partial charge in [-0.2, -0.15) is 0 Å². The van der Waals surface area contributed by atoms with Crippen LogP contribution in [0.4, 0.5) is 0 Å². The molecule has 73 heavy (non-hydrogen) atoms. The van der Waals surface area contributed by atoms with E-state index < -0.39 is 92.0 Å². The number of nitrogens with zero attached hydrogens (tertiary/aromatic N) is 1. The Kier molecular flexibility index (Phi) is 8.53. The summed E-state index contributed by atoms with van der Waals surface area (Å²) >= 11 is 0. The van der Waals surface area contributed by atoms with Crippen LogP contribution in [0.25, 0.3) is 0 Å². The molecule has 1 aromatic rings. The Morgan fingerprint density at radius 3 is 2.74 bits per heavy atom. The number of carbonyl (C=O) groups excluding carboxylic acids is 3. The molecule has 0 amide bonds. The number of cyclic esters (lactones) is 1. The maximum atomic E-state index is 16.6. The number of Topliss-reactive ketones (excluding diaryl/α,β-unsaturated/α-hetero) is 1. The molecule has 13 nitrogen and oxygen atoms in total. The van der Waals surface area contributed by atoms with E-state index in [-0.39, 0.29) is 60.5 Å². The molecule has 16 aliphatic rings. The minimum Gasteiger partial charge on any atom is -0.469 e. The summed E-state index contributed by atoms with van der Waals surface area (Å²) in [6, 6.07) is 0.463. The third-order valence-electron chi connectivity index (χ3n) is 25.9. The summed E-state index contributed by atoms with van der Waals surface area (Å²) in [4.78, 5) is 50.0. The lowest BCUT2D eigenvalue weighted by atomic mass is 9.28. The van der Waals surface area contributed by atoms with E-state index in [1.54, 1.807) is 0 Å². The summed E-state index contributed by atoms with van der Waals surface area (Å²) in [6.07, 6.45) is 18.8. The summed E-state index contributed by atoms with van der Waals surface area (Å²) in [5, 5.41) is 40.7. The Labute approximate surface area is 427 Å². The number of nitrogens with one attached hydrogen (secondary N) is 1. The molecular formula is C60H72N2O11. The Morgan fingerprint density at radius 1 is 0.986 bits per heavy atom. The van der Waals surface area contributed by atoms with Gasteiger partial charge in [0.1, 0.15) is 29.7 Å². The minimum atomic E-state index is -1.50. The highest BCUT2D eigenvalue weighted by Gasteiger charge is 3.00. The molecule has 12 fully saturated rings. The van der Waals surface area contributed by atoms with Crippen molar-refractivity contribution in [3.05, 3.63) is 47.1 Å². The zero-order valence-electron chi connectivity index (χ0n) is 42.5. The van der Waals surface area contributed by atoms with Crippen LogP contribution in [0.2, 0.25) is 0 Å². The van der Waals surface area contributed by atoms with Gasteiger partial charge in [-0.15, -0.1) is 0 Å². The normalized spacial score (nSPS) is 55.8. The fraction of sp³-hybridized carbons (Fsp3) is 0.783. The molecule has 6 spiro atoms. The molecule has 8 heterocycles. The molecule has 0 aromatic carbocycles. The van der Waals surface area contributed by atoms with Crippen molar-refractivity contribution in [1.29, 1.82) is 0 Å². The van der Waals surface area contributed by atoms with Crippen LogP contribution >= 0.6 is 0 Å². The zero-order chi connectivity index (χ0) is 49.2. The number of aliphatic hydroxyl groups is 3. The van der Waals surface area contributed by atoms with E-state index in [2.05, 4.69) is 54.3 Å². The van der Waals surface area contributed by atoms with E-state index in [1.807, 2.05) is 6.26 Å². The van der Waals surface area contributed by atoms with Crippen LogP contribution in [0.15, 0.2) is 34.6 Å². The smallest absolute Gasteiger partial charge is 0.339 e. The maximum Gasteiger partial charge on any atom is 0.339 e. The summed E-state index contributed by atoms with van der Waals surface area (Å²) < 4.78 is 36.5. The number of aliphatic hydroxyl groups excluding tert-OH is 3. The third-order valence-corrected chi connectivity index (χ3v) is 25.9. The standard InChI is InChI=1S/C60H72N2O11/c1-53-18-15-37-21-36-7-5-17-55(36)24-34-23-54(2)58-35(13-10-33-27-69-43(44(33)58)22-39(42(64)26-63)31-11-14-38-32(20-31)16-19-62-29-61-25-41(38)62)12-9-30-6-3-4-8-40(30)57(60(54)50(71-60)52(68)72-58)46(34)56(47(53)45(65)49(57)66)28-70-51(67)48(55)59(37,56)73-53/h15-16,19,27,30-32,34-36,38-42,46-50,61,63-64,66H,3-8,10-11,13-14,17-18,20-26,28-29H2,1-2H3/t30-,31-,32-,34+,35-,36+,38+,39+,40-,41-,42-,46-,47-,48+,49-,50-,53+,54+,55+,56-,57+,58+,59+,60-/m1/s1. The van der Waals surface area contributed by atoms with Gasteiger partial charge in [0, 0.05) is 41.3 Å². The van der Waals surface area contributed by atoms with Crippen molar-refractivity contribution in [2.75, 3.05) is 26.4 Å². The predicted octanol–water partition coefficient (Wildman–Crippen LogP) is 5.66. The van der Waals surface area contributed by atoms with Crippen molar-refractivity contribution in [3.63, 3.8) is 0 Å². The van der Waals surface area contributed by atoms with Crippen LogP contribution in [0.3, 0.4) is 0 Å². The molecule has 1 aromatic heterocycles. The van der Waals surface area contributed by atoms with Crippen molar-refractivity contribution in [2.45, 2.75) is 170 Å². The van der Waals surface area contributed by atoms with E-state index in [1.165, 1.54) is 5.57 Å². The number of hydrogen-bond donors (Lipinski definition) is 4. The van der Waals surface area contributed by atoms with Crippen LogP contribution in [0.1, 0.15) is 127 Å². The van der Waals surface area contributed by atoms with Crippen molar-refractivity contribution in [2.24, 2.45) is 92.7 Å². The Morgan fingerprint density at radius 2 is 1.86 bits per heavy atom. The van der Waals surface area contributed by atoms with E-state index in [0.717, 1.165) is 101 Å². The molecule has 7 aliphatic heterocycles. The first-order chi connectivity index (χ1) is 35.3. The van der Waals surface area contributed by atoms with Gasteiger partial charge in [-0.1, -0.05) is 50.2 Å². The molecule has 13 heteroatoms. The monoisotopic (exact) mass is 997 g/mol. The fourth-order valence-electron chi connectivity index (χ4n) is 24.2. The quantitative estimate of drug-likeness (QED) is 0.123. The van der Waals surface area contributed by atoms with Crippen LogP contribution in [-0.4, -0.2) is 106 Å². The second kappa shape index (κ2) is 14.0. The highest BCUT2D eigenvalue weighted by molar-refractivity contribution is 5.94. The van der Waals surface area contributed by atoms with Gasteiger partial charge < -0.3 is 43.6 Å². The first-order valence-corrected chi connectivity index (χ1v) is 29.0. The maximum absolute atomic E-state index is 16.6. The van der Waals surface area contributed by atoms with Crippen LogP contribution in [0, 0.1) is 105 Å². The molecule has 5 saturated heterocycles. The number of esters is 2. The van der Waals surface area contributed by atoms with Crippen LogP contribution in [-0.2, 0) is 51.8 Å². The van der Waals surface area contributed by atoms with Gasteiger partial charge in [0.25, 0.3) is 0 Å². The molecule has 9 bridgehead atoms. The lowest BCUT2D eigenvalue weighted by Crippen LogP contribution is -2.84. The number of ether oxygens (including phenoxy) is 4. The number of ketones is 1. The van der Waals surface area contributed by atoms with Gasteiger partial charge in [-0.05, 0) is 160 Å².